The molecule has 2 aliphatic heterocycles. The third kappa shape index (κ3) is 6.49. The summed E-state index contributed by atoms with van der Waals surface area (Å²) in [5.41, 5.74) is 5.36. The van der Waals surface area contributed by atoms with Gasteiger partial charge in [-0.15, -0.1) is 12.2 Å². The van der Waals surface area contributed by atoms with Crippen LogP contribution in [0, 0.1) is 0 Å². The fourth-order valence-corrected chi connectivity index (χ4v) is 7.13. The van der Waals surface area contributed by atoms with Crippen LogP contribution in [0.1, 0.15) is 25.3 Å². The quantitative estimate of drug-likeness (QED) is 0.0934. The van der Waals surface area contributed by atoms with Crippen molar-refractivity contribution in [2.75, 3.05) is 18.9 Å². The Kier molecular flexibility index (Phi) is 8.86. The first-order chi connectivity index (χ1) is 20.5. The molecule has 6 rings (SSSR count). The fraction of sp³-hybridized carbons (Fsp3) is 0.500. The molecule has 0 radical (unpaired) electrons. The number of fused-ring (bicyclic) bond motifs is 2. The van der Waals surface area contributed by atoms with Gasteiger partial charge in [-0.1, -0.05) is 11.8 Å². The molecule has 2 fully saturated rings. The molecule has 4 aromatic rings. The zero-order chi connectivity index (χ0) is 30.5. The van der Waals surface area contributed by atoms with Crippen LogP contribution in [0.4, 0.5) is 5.95 Å². The van der Waals surface area contributed by atoms with Crippen molar-refractivity contribution < 1.29 is 33.0 Å². The number of nitrogens with zero attached hydrogens (tertiary/aromatic N) is 6. The van der Waals surface area contributed by atoms with E-state index in [1.54, 1.807) is 0 Å². The summed E-state index contributed by atoms with van der Waals surface area (Å²) in [6, 6.07) is 0. The van der Waals surface area contributed by atoms with Crippen LogP contribution in [0.2, 0.25) is 0 Å². The van der Waals surface area contributed by atoms with E-state index in [1.807, 2.05) is 0 Å². The van der Waals surface area contributed by atoms with Crippen molar-refractivity contribution in [1.29, 1.82) is 0 Å². The minimum atomic E-state index is -3.96. The summed E-state index contributed by atoms with van der Waals surface area (Å²) in [4.78, 5) is 56.6. The number of aromatic amines is 2. The smallest absolute Gasteiger partial charge is 0.325 e. The molecule has 43 heavy (non-hydrogen) atoms. The number of aliphatic hydroxyl groups excluding tert-OH is 1. The summed E-state index contributed by atoms with van der Waals surface area (Å²) in [6.07, 6.45) is -2.38. The lowest BCUT2D eigenvalue weighted by molar-refractivity contribution is -0.0523. The van der Waals surface area contributed by atoms with E-state index in [9.17, 15) is 19.6 Å². The lowest BCUT2D eigenvalue weighted by Crippen LogP contribution is -2.27. The first-order valence-electron chi connectivity index (χ1n) is 12.6. The Morgan fingerprint density at radius 1 is 1.14 bits per heavy atom. The monoisotopic (exact) mass is 693 g/mol. The van der Waals surface area contributed by atoms with Crippen LogP contribution in [-0.4, -0.2) is 86.7 Å². The van der Waals surface area contributed by atoms with Crippen LogP contribution >= 0.6 is 25.1 Å². The van der Waals surface area contributed by atoms with Gasteiger partial charge in [-0.3, -0.25) is 23.7 Å². The zero-order valence-corrected chi connectivity index (χ0v) is 26.2. The second-order valence-electron chi connectivity index (χ2n) is 9.63. The van der Waals surface area contributed by atoms with E-state index in [0.717, 1.165) is 0 Å². The van der Waals surface area contributed by atoms with Crippen molar-refractivity contribution in [3.63, 3.8) is 0 Å². The highest BCUT2D eigenvalue weighted by molar-refractivity contribution is 8.54. The van der Waals surface area contributed by atoms with Crippen molar-refractivity contribution in [3.05, 3.63) is 39.7 Å². The summed E-state index contributed by atoms with van der Waals surface area (Å²) in [5.74, 6) is -0.127. The molecule has 0 bridgehead atoms. The van der Waals surface area contributed by atoms with Gasteiger partial charge in [0.15, 0.2) is 28.6 Å². The number of aromatic nitrogens is 8. The number of nitrogens with one attached hydrogen (secondary N) is 2. The Bertz CT molecular complexity index is 1850. The van der Waals surface area contributed by atoms with Crippen LogP contribution in [-0.2, 0) is 46.7 Å². The molecule has 232 valence electrons. The Morgan fingerprint density at radius 3 is 2.65 bits per heavy atom. The van der Waals surface area contributed by atoms with E-state index in [4.69, 9.17) is 52.4 Å². The van der Waals surface area contributed by atoms with Gasteiger partial charge in [0.25, 0.3) is 11.1 Å². The van der Waals surface area contributed by atoms with Gasteiger partial charge in [0.05, 0.1) is 44.4 Å². The van der Waals surface area contributed by atoms with E-state index < -0.39 is 60.8 Å². The zero-order valence-electron chi connectivity index (χ0n) is 21.7. The number of ether oxygens (including phenoxy) is 2. The molecule has 2 unspecified atom stereocenters. The Labute approximate surface area is 256 Å². The predicted molar refractivity (Wildman–Crippen MR) is 162 cm³/mol. The highest BCUT2D eigenvalue weighted by Gasteiger charge is 2.43. The van der Waals surface area contributed by atoms with Crippen LogP contribution in [0.15, 0.2) is 28.6 Å². The maximum absolute atomic E-state index is 12.3. The highest BCUT2D eigenvalue weighted by Crippen LogP contribution is 2.50. The Morgan fingerprint density at radius 2 is 1.88 bits per heavy atom. The highest BCUT2D eigenvalue weighted by atomic mass is 32.9. The molecular formula is C20H25N9O9P2S3. The summed E-state index contributed by atoms with van der Waals surface area (Å²) in [6.45, 7) is -4.17. The topological polar surface area (TPSA) is 240 Å². The van der Waals surface area contributed by atoms with Gasteiger partial charge in [-0.2, -0.15) is 4.98 Å². The average molecular weight is 694 g/mol. The van der Waals surface area contributed by atoms with Crippen molar-refractivity contribution >= 4 is 77.0 Å². The summed E-state index contributed by atoms with van der Waals surface area (Å²) >= 11 is 14.5. The number of aliphatic hydroxyl groups is 1. The fourth-order valence-electron chi connectivity index (χ4n) is 4.94. The molecule has 23 heteroatoms. The Hall–Kier alpha value is -2.13. The molecule has 0 aliphatic carbocycles. The number of hydrogen-bond acceptors (Lipinski definition) is 15. The molecule has 6 N–H and O–H groups in total. The van der Waals surface area contributed by atoms with Crippen molar-refractivity contribution in [1.82, 2.24) is 39.0 Å². The number of rotatable bonds is 10. The minimum Gasteiger partial charge on any atom is -0.390 e. The largest absolute Gasteiger partial charge is 0.390 e. The normalized spacial score (nSPS) is 28.1. The molecule has 8 atom stereocenters. The van der Waals surface area contributed by atoms with Crippen LogP contribution in [0.25, 0.3) is 22.3 Å². The second-order valence-corrected chi connectivity index (χ2v) is 16.5. The number of nitrogens with two attached hydrogens (primary N) is 1. The van der Waals surface area contributed by atoms with Gasteiger partial charge in [-0.05, 0) is 11.8 Å². The third-order valence-corrected chi connectivity index (χ3v) is 9.55. The number of H-pyrrole nitrogens is 2. The molecule has 6 heterocycles. The van der Waals surface area contributed by atoms with Crippen molar-refractivity contribution in [2.24, 2.45) is 0 Å². The van der Waals surface area contributed by atoms with Gasteiger partial charge in [-0.25, -0.2) is 15.0 Å². The molecule has 4 aromatic heterocycles. The van der Waals surface area contributed by atoms with Gasteiger partial charge in [0.2, 0.25) is 5.95 Å². The van der Waals surface area contributed by atoms with Gasteiger partial charge in [0.1, 0.15) is 24.6 Å². The molecule has 2 aliphatic rings. The average Bonchev–Trinajstić information content (AvgIpc) is 3.71. The molecule has 0 aromatic carbocycles. The maximum atomic E-state index is 12.3. The van der Waals surface area contributed by atoms with Gasteiger partial charge >= 0.3 is 6.72 Å². The number of imidazole rings is 2. The number of anilines is 1. The van der Waals surface area contributed by atoms with E-state index >= 15 is 0 Å². The molecule has 0 amide bonds. The van der Waals surface area contributed by atoms with E-state index in [-0.39, 0.29) is 54.3 Å². The van der Waals surface area contributed by atoms with E-state index in [0.29, 0.717) is 0 Å². The van der Waals surface area contributed by atoms with E-state index in [1.165, 1.54) is 28.1 Å². The van der Waals surface area contributed by atoms with Gasteiger partial charge in [0, 0.05) is 12.8 Å². The number of hydrogen-bond donors (Lipinski definition) is 6. The summed E-state index contributed by atoms with van der Waals surface area (Å²) in [7, 11) is 0. The molecule has 0 spiro atoms. The molecule has 2 saturated heterocycles. The third-order valence-electron chi connectivity index (χ3n) is 6.81. The van der Waals surface area contributed by atoms with Crippen molar-refractivity contribution in [2.45, 2.75) is 49.7 Å². The lowest BCUT2D eigenvalue weighted by Gasteiger charge is -2.25. The second kappa shape index (κ2) is 12.3. The number of thiol groups is 1. The Balaban J connectivity index is 1.16. The van der Waals surface area contributed by atoms with Gasteiger partial charge < -0.3 is 43.8 Å². The van der Waals surface area contributed by atoms with Crippen LogP contribution < -0.4 is 16.9 Å². The maximum Gasteiger partial charge on any atom is 0.325 e. The standard InChI is InChI=1S/C20H25N9O9P2S3/c21-20-26-16-14(18(32)27-20)25-7-29(16)19-10(1-8(36-19)3-34-39(41)42)38-40(33,43)35-4-11-9(30)2-12(37-11)28-6-24-13-15(28)22-5-23-17(13)31/h5-12,19,30,39H,1-4H2,(H,33,43)(H,41,42)(H,22,23,31)(H3,21,26,27,32)/t8-,9-,10+,11+,12+,19+,40?/m0/s1. The minimum absolute atomic E-state index is 0.0229. The number of nitrogen functional groups attached to an aromatic ring is 1. The first-order valence-corrected chi connectivity index (χ1v) is 19.0. The molecular weight excluding hydrogens is 668 g/mol. The summed E-state index contributed by atoms with van der Waals surface area (Å²) in [5, 5.41) is 10.6. The molecule has 0 saturated carbocycles. The van der Waals surface area contributed by atoms with Crippen LogP contribution in [0.3, 0.4) is 0 Å². The first kappa shape index (κ1) is 30.9. The lowest BCUT2D eigenvalue weighted by atomic mass is 10.2. The molecule has 18 nitrogen and oxygen atoms in total. The van der Waals surface area contributed by atoms with Crippen LogP contribution in [0.5, 0.6) is 0 Å². The summed E-state index contributed by atoms with van der Waals surface area (Å²) < 4.78 is 32.0. The van der Waals surface area contributed by atoms with E-state index in [2.05, 4.69) is 42.2 Å². The van der Waals surface area contributed by atoms with Crippen molar-refractivity contribution in [3.8, 4) is 0 Å². The SMILES string of the molecule is Nc1nc2c(ncn2[C@@H]2O[C@H](CO[PH](=S)S)C[C@H]2OP(O)(=S)OC[C@H]2O[C@@H](n3cnc4c(=O)[nH]cnc43)C[C@@H]2O)c(=O)[nH]1. The predicted octanol–water partition coefficient (Wildman–Crippen LogP) is -0.158.